The first kappa shape index (κ1) is 19.1. The topological polar surface area (TPSA) is 21.3 Å². The van der Waals surface area contributed by atoms with E-state index in [1.807, 2.05) is 0 Å². The Balaban J connectivity index is 1.72. The molecule has 1 aliphatic heterocycles. The van der Waals surface area contributed by atoms with Crippen LogP contribution in [-0.4, -0.2) is 18.8 Å². The highest BCUT2D eigenvalue weighted by atomic mass is 16.5. The predicted molar refractivity (Wildman–Crippen MR) is 110 cm³/mol. The zero-order valence-corrected chi connectivity index (χ0v) is 16.6. The van der Waals surface area contributed by atoms with Crippen molar-refractivity contribution in [1.29, 1.82) is 0 Å². The molecular weight excluding hydrogens is 318 g/mol. The maximum atomic E-state index is 6.17. The molecule has 2 heteroatoms. The van der Waals surface area contributed by atoms with Crippen molar-refractivity contribution in [2.75, 3.05) is 13.2 Å². The predicted octanol–water partition coefficient (Wildman–Crippen LogP) is 5.39. The fourth-order valence-electron chi connectivity index (χ4n) is 4.24. The van der Waals surface area contributed by atoms with Gasteiger partial charge in [-0.15, -0.1) is 0 Å². The summed E-state index contributed by atoms with van der Waals surface area (Å²) in [5.41, 5.74) is 4.36. The number of nitrogens with one attached hydrogen (secondary N) is 1. The second-order valence-corrected chi connectivity index (χ2v) is 8.14. The van der Waals surface area contributed by atoms with Gasteiger partial charge in [-0.3, -0.25) is 0 Å². The van der Waals surface area contributed by atoms with E-state index in [0.717, 1.165) is 45.4 Å². The van der Waals surface area contributed by atoms with E-state index in [9.17, 15) is 0 Å². The fourth-order valence-corrected chi connectivity index (χ4v) is 4.24. The van der Waals surface area contributed by atoms with E-state index in [2.05, 4.69) is 80.7 Å². The Labute approximate surface area is 159 Å². The molecule has 2 atom stereocenters. The number of benzene rings is 2. The molecule has 3 rings (SSSR count). The number of aryl methyl sites for hydroxylation is 1. The first-order valence-electron chi connectivity index (χ1n) is 10.0. The maximum Gasteiger partial charge on any atom is 0.0660 e. The third-order valence-electron chi connectivity index (χ3n) is 6.11. The van der Waals surface area contributed by atoms with Gasteiger partial charge in [-0.25, -0.2) is 0 Å². The molecule has 0 aromatic heterocycles. The summed E-state index contributed by atoms with van der Waals surface area (Å²) in [6, 6.07) is 19.9. The molecule has 2 aromatic rings. The third kappa shape index (κ3) is 4.55. The summed E-state index contributed by atoms with van der Waals surface area (Å²) in [4.78, 5) is 0. The van der Waals surface area contributed by atoms with Gasteiger partial charge in [0.05, 0.1) is 5.60 Å². The van der Waals surface area contributed by atoms with Crippen LogP contribution in [0.2, 0.25) is 0 Å². The summed E-state index contributed by atoms with van der Waals surface area (Å²) in [7, 11) is 0. The van der Waals surface area contributed by atoms with E-state index in [-0.39, 0.29) is 11.0 Å². The Bertz CT molecular complexity index is 681. The van der Waals surface area contributed by atoms with Gasteiger partial charge < -0.3 is 10.1 Å². The van der Waals surface area contributed by atoms with Crippen LogP contribution in [0.15, 0.2) is 54.6 Å². The van der Waals surface area contributed by atoms with Crippen molar-refractivity contribution >= 4 is 0 Å². The number of hydrogen-bond acceptors (Lipinski definition) is 2. The molecule has 1 aliphatic rings. The molecule has 1 fully saturated rings. The number of rotatable bonds is 7. The van der Waals surface area contributed by atoms with E-state index in [0.29, 0.717) is 0 Å². The van der Waals surface area contributed by atoms with Gasteiger partial charge in [-0.2, -0.15) is 0 Å². The van der Waals surface area contributed by atoms with Crippen LogP contribution in [0, 0.1) is 6.92 Å². The maximum absolute atomic E-state index is 6.17. The Morgan fingerprint density at radius 1 is 1.04 bits per heavy atom. The molecule has 2 aromatic carbocycles. The van der Waals surface area contributed by atoms with Crippen molar-refractivity contribution in [3.05, 3.63) is 71.3 Å². The highest BCUT2D eigenvalue weighted by Crippen LogP contribution is 2.45. The summed E-state index contributed by atoms with van der Waals surface area (Å²) in [6.07, 6.45) is 4.44. The molecule has 0 spiro atoms. The van der Waals surface area contributed by atoms with E-state index < -0.39 is 0 Å². The molecule has 1 heterocycles. The zero-order chi connectivity index (χ0) is 18.5. The van der Waals surface area contributed by atoms with Gasteiger partial charge in [0.15, 0.2) is 0 Å². The third-order valence-corrected chi connectivity index (χ3v) is 6.11. The van der Waals surface area contributed by atoms with Gasteiger partial charge in [0.2, 0.25) is 0 Å². The van der Waals surface area contributed by atoms with Gasteiger partial charge in [0.25, 0.3) is 0 Å². The summed E-state index contributed by atoms with van der Waals surface area (Å²) in [5.74, 6) is 0. The van der Waals surface area contributed by atoms with E-state index in [1.54, 1.807) is 0 Å². The highest BCUT2D eigenvalue weighted by Gasteiger charge is 2.43. The largest absolute Gasteiger partial charge is 0.375 e. The second kappa shape index (κ2) is 8.37. The lowest BCUT2D eigenvalue weighted by molar-refractivity contribution is -0.0979. The molecular formula is C24H33NO. The van der Waals surface area contributed by atoms with Gasteiger partial charge in [0, 0.05) is 18.6 Å². The quantitative estimate of drug-likeness (QED) is 0.675. The lowest BCUT2D eigenvalue weighted by Gasteiger charge is -2.47. The van der Waals surface area contributed by atoms with E-state index >= 15 is 0 Å². The van der Waals surface area contributed by atoms with E-state index in [4.69, 9.17) is 4.74 Å². The van der Waals surface area contributed by atoms with Crippen LogP contribution < -0.4 is 5.32 Å². The lowest BCUT2D eigenvalue weighted by atomic mass is 9.66. The van der Waals surface area contributed by atoms with Crippen molar-refractivity contribution in [3.8, 4) is 0 Å². The summed E-state index contributed by atoms with van der Waals surface area (Å²) < 4.78 is 6.17. The van der Waals surface area contributed by atoms with Crippen molar-refractivity contribution in [2.45, 2.75) is 64.0 Å². The Morgan fingerprint density at radius 2 is 1.77 bits per heavy atom. The minimum absolute atomic E-state index is 0.0113. The molecule has 26 heavy (non-hydrogen) atoms. The summed E-state index contributed by atoms with van der Waals surface area (Å²) in [6.45, 7) is 9.52. The Morgan fingerprint density at radius 3 is 2.46 bits per heavy atom. The van der Waals surface area contributed by atoms with Crippen LogP contribution in [0.5, 0.6) is 0 Å². The second-order valence-electron chi connectivity index (χ2n) is 8.14. The molecule has 0 radical (unpaired) electrons. The van der Waals surface area contributed by atoms with Crippen molar-refractivity contribution < 1.29 is 4.74 Å². The minimum Gasteiger partial charge on any atom is -0.375 e. The monoisotopic (exact) mass is 351 g/mol. The van der Waals surface area contributed by atoms with Crippen molar-refractivity contribution in [3.63, 3.8) is 0 Å². The molecule has 0 aliphatic carbocycles. The van der Waals surface area contributed by atoms with Gasteiger partial charge >= 0.3 is 0 Å². The standard InChI is InChI=1S/C24H33NO/c1-4-23(3)19-24(15-17-26-23,22-12-10-20(2)11-13-22)14-16-25-18-21-8-6-5-7-9-21/h5-13,25H,4,14-19H2,1-3H3/t23-,24-/m1/s1. The first-order valence-corrected chi connectivity index (χ1v) is 10.0. The van der Waals surface area contributed by atoms with Gasteiger partial charge in [-0.05, 0) is 57.2 Å². The SMILES string of the molecule is CC[C@]1(C)C[C@](CCNCc2ccccc2)(c2ccc(C)cc2)CCO1. The molecule has 1 saturated heterocycles. The average Bonchev–Trinajstić information content (AvgIpc) is 2.67. The summed E-state index contributed by atoms with van der Waals surface area (Å²) >= 11 is 0. The Kier molecular flexibility index (Phi) is 6.16. The van der Waals surface area contributed by atoms with Crippen LogP contribution in [0.1, 0.15) is 56.2 Å². The summed E-state index contributed by atoms with van der Waals surface area (Å²) in [5, 5.41) is 3.66. The van der Waals surface area contributed by atoms with Crippen molar-refractivity contribution in [1.82, 2.24) is 5.32 Å². The van der Waals surface area contributed by atoms with Crippen LogP contribution in [-0.2, 0) is 16.7 Å². The molecule has 0 unspecified atom stereocenters. The number of hydrogen-bond donors (Lipinski definition) is 1. The fraction of sp³-hybridized carbons (Fsp3) is 0.500. The average molecular weight is 352 g/mol. The molecule has 2 nitrogen and oxygen atoms in total. The molecule has 140 valence electrons. The van der Waals surface area contributed by atoms with Crippen LogP contribution in [0.25, 0.3) is 0 Å². The van der Waals surface area contributed by atoms with Crippen LogP contribution >= 0.6 is 0 Å². The lowest BCUT2D eigenvalue weighted by Crippen LogP contribution is -2.46. The number of ether oxygens (including phenoxy) is 1. The van der Waals surface area contributed by atoms with Crippen LogP contribution in [0.3, 0.4) is 0 Å². The van der Waals surface area contributed by atoms with Crippen LogP contribution in [0.4, 0.5) is 0 Å². The van der Waals surface area contributed by atoms with Gasteiger partial charge in [-0.1, -0.05) is 67.1 Å². The first-order chi connectivity index (χ1) is 12.6. The Hall–Kier alpha value is -1.64. The smallest absolute Gasteiger partial charge is 0.0660 e. The molecule has 0 saturated carbocycles. The molecule has 0 amide bonds. The molecule has 0 bridgehead atoms. The minimum atomic E-state index is -0.0113. The highest BCUT2D eigenvalue weighted by molar-refractivity contribution is 5.30. The van der Waals surface area contributed by atoms with Gasteiger partial charge in [0.1, 0.15) is 0 Å². The van der Waals surface area contributed by atoms with Crippen molar-refractivity contribution in [2.24, 2.45) is 0 Å². The zero-order valence-electron chi connectivity index (χ0n) is 16.6. The van der Waals surface area contributed by atoms with E-state index in [1.165, 1.54) is 16.7 Å². The normalized spacial score (nSPS) is 26.0. The molecule has 1 N–H and O–H groups in total.